The maximum absolute atomic E-state index is 2.55. The smallest absolute Gasteiger partial charge is 0.0541 e. The fourth-order valence-electron chi connectivity index (χ4n) is 12.1. The van der Waals surface area contributed by atoms with Gasteiger partial charge >= 0.3 is 0 Å². The maximum atomic E-state index is 2.55. The molecule has 8 aromatic rings. The lowest BCUT2D eigenvalue weighted by Gasteiger charge is -2.61. The summed E-state index contributed by atoms with van der Waals surface area (Å²) in [6.45, 7) is 0. The van der Waals surface area contributed by atoms with Crippen LogP contribution in [-0.4, -0.2) is 4.57 Å². The van der Waals surface area contributed by atoms with E-state index < -0.39 is 0 Å². The van der Waals surface area contributed by atoms with Gasteiger partial charge in [-0.1, -0.05) is 127 Å². The van der Waals surface area contributed by atoms with Crippen molar-refractivity contribution in [2.45, 2.75) is 37.5 Å². The minimum Gasteiger partial charge on any atom is -0.309 e. The van der Waals surface area contributed by atoms with E-state index >= 15 is 0 Å². The first-order valence-corrected chi connectivity index (χ1v) is 19.8. The van der Waals surface area contributed by atoms with Crippen molar-refractivity contribution in [3.8, 4) is 50.2 Å². The fourth-order valence-corrected chi connectivity index (χ4v) is 12.1. The molecule has 0 radical (unpaired) electrons. The van der Waals surface area contributed by atoms with E-state index in [1.807, 2.05) is 0 Å². The van der Waals surface area contributed by atoms with Crippen molar-refractivity contribution in [1.82, 2.24) is 4.57 Å². The Labute approximate surface area is 311 Å². The van der Waals surface area contributed by atoms with Gasteiger partial charge in [-0.15, -0.1) is 0 Å². The second kappa shape index (κ2) is 11.2. The predicted molar refractivity (Wildman–Crippen MR) is 220 cm³/mol. The summed E-state index contributed by atoms with van der Waals surface area (Å²) in [7, 11) is 0. The molecule has 4 bridgehead atoms. The zero-order chi connectivity index (χ0) is 34.7. The number of nitrogens with zero attached hydrogens (tertiary/aromatic N) is 1. The number of benzene rings is 7. The Bertz CT molecular complexity index is 2680. The van der Waals surface area contributed by atoms with Gasteiger partial charge in [-0.2, -0.15) is 0 Å². The van der Waals surface area contributed by atoms with Gasteiger partial charge in [0.25, 0.3) is 0 Å². The van der Waals surface area contributed by atoms with E-state index in [-0.39, 0.29) is 5.41 Å². The van der Waals surface area contributed by atoms with Crippen LogP contribution in [0.5, 0.6) is 0 Å². The fraction of sp³-hybridized carbons (Fsp3) is 0.192. The molecule has 13 rings (SSSR count). The molecule has 0 saturated heterocycles. The Morgan fingerprint density at radius 2 is 0.906 bits per heavy atom. The van der Waals surface area contributed by atoms with Crippen LogP contribution in [0.25, 0.3) is 72.0 Å². The van der Waals surface area contributed by atoms with Crippen molar-refractivity contribution < 1.29 is 0 Å². The molecule has 5 aliphatic rings. The van der Waals surface area contributed by atoms with Crippen LogP contribution in [0.1, 0.15) is 43.2 Å². The third kappa shape index (κ3) is 4.25. The Morgan fingerprint density at radius 3 is 1.64 bits per heavy atom. The van der Waals surface area contributed by atoms with E-state index in [2.05, 4.69) is 168 Å². The second-order valence-corrected chi connectivity index (χ2v) is 16.6. The van der Waals surface area contributed by atoms with E-state index in [9.17, 15) is 0 Å². The topological polar surface area (TPSA) is 4.93 Å². The molecule has 7 aromatic carbocycles. The van der Waals surface area contributed by atoms with Crippen molar-refractivity contribution in [2.75, 3.05) is 0 Å². The molecule has 4 saturated carbocycles. The third-order valence-electron chi connectivity index (χ3n) is 14.0. The summed E-state index contributed by atoms with van der Waals surface area (Å²) >= 11 is 0. The lowest BCUT2D eigenvalue weighted by atomic mass is 9.43. The van der Waals surface area contributed by atoms with Gasteiger partial charge in [0, 0.05) is 21.9 Å². The summed E-state index contributed by atoms with van der Waals surface area (Å²) in [5, 5.41) is 2.60. The molecular weight excluding hydrogens is 639 g/mol. The number of rotatable bonds is 4. The molecule has 4 fully saturated rings. The first kappa shape index (κ1) is 29.9. The Kier molecular flexibility index (Phi) is 6.30. The summed E-state index contributed by atoms with van der Waals surface area (Å²) in [6, 6.07) is 61.7. The summed E-state index contributed by atoms with van der Waals surface area (Å²) < 4.78 is 2.44. The average molecular weight is 680 g/mol. The van der Waals surface area contributed by atoms with E-state index in [4.69, 9.17) is 0 Å². The number of hydrogen-bond acceptors (Lipinski definition) is 0. The minimum absolute atomic E-state index is 0.219. The van der Waals surface area contributed by atoms with Gasteiger partial charge in [-0.3, -0.25) is 0 Å². The van der Waals surface area contributed by atoms with Gasteiger partial charge in [0.2, 0.25) is 0 Å². The summed E-state index contributed by atoms with van der Waals surface area (Å²) in [5.41, 5.74) is 17.7. The SMILES string of the molecule is c1ccc(-c2ccc(-c3ccc(-n4c5ccccc5c5cc(-c6ccc7c(c6)-c6ccccc6C76C7CC8CC(C7)CC6C8)ccc54)cc3)cc2)cc1. The second-order valence-electron chi connectivity index (χ2n) is 16.6. The van der Waals surface area contributed by atoms with Gasteiger partial charge in [0.1, 0.15) is 0 Å². The number of aromatic nitrogens is 1. The normalized spacial score (nSPS) is 23.5. The molecule has 1 aromatic heterocycles. The maximum Gasteiger partial charge on any atom is 0.0541 e. The van der Waals surface area contributed by atoms with Gasteiger partial charge in [-0.05, 0) is 148 Å². The zero-order valence-corrected chi connectivity index (χ0v) is 29.9. The van der Waals surface area contributed by atoms with Crippen LogP contribution in [0.4, 0.5) is 0 Å². The molecule has 254 valence electrons. The lowest BCUT2D eigenvalue weighted by Crippen LogP contribution is -2.55. The highest BCUT2D eigenvalue weighted by atomic mass is 15.0. The first-order valence-electron chi connectivity index (χ1n) is 19.8. The van der Waals surface area contributed by atoms with Crippen LogP contribution in [0, 0.1) is 23.7 Å². The minimum atomic E-state index is 0.219. The molecular formula is C52H41N. The Balaban J connectivity index is 0.928. The molecule has 1 spiro atoms. The number of para-hydroxylation sites is 1. The molecule has 0 atom stereocenters. The molecule has 53 heavy (non-hydrogen) atoms. The van der Waals surface area contributed by atoms with Crippen LogP contribution in [-0.2, 0) is 5.41 Å². The Hall–Kier alpha value is -5.66. The third-order valence-corrected chi connectivity index (χ3v) is 14.0. The van der Waals surface area contributed by atoms with Crippen molar-refractivity contribution in [3.63, 3.8) is 0 Å². The molecule has 0 N–H and O–H groups in total. The van der Waals surface area contributed by atoms with Crippen LogP contribution in [0.2, 0.25) is 0 Å². The monoisotopic (exact) mass is 679 g/mol. The van der Waals surface area contributed by atoms with Gasteiger partial charge < -0.3 is 4.57 Å². The number of hydrogen-bond donors (Lipinski definition) is 0. The van der Waals surface area contributed by atoms with Gasteiger partial charge in [-0.25, -0.2) is 0 Å². The van der Waals surface area contributed by atoms with E-state index in [1.165, 1.54) is 104 Å². The van der Waals surface area contributed by atoms with Crippen molar-refractivity contribution in [3.05, 3.63) is 175 Å². The quantitative estimate of drug-likeness (QED) is 0.174. The molecule has 0 amide bonds. The van der Waals surface area contributed by atoms with Crippen molar-refractivity contribution in [1.29, 1.82) is 0 Å². The van der Waals surface area contributed by atoms with Crippen LogP contribution in [0.3, 0.4) is 0 Å². The highest BCUT2D eigenvalue weighted by molar-refractivity contribution is 6.10. The molecule has 1 heterocycles. The summed E-state index contributed by atoms with van der Waals surface area (Å²) in [5.74, 6) is 3.51. The predicted octanol–water partition coefficient (Wildman–Crippen LogP) is 13.5. The van der Waals surface area contributed by atoms with Gasteiger partial charge in [0.15, 0.2) is 0 Å². The molecule has 0 unspecified atom stereocenters. The van der Waals surface area contributed by atoms with Gasteiger partial charge in [0.05, 0.1) is 11.0 Å². The first-order chi connectivity index (χ1) is 26.2. The van der Waals surface area contributed by atoms with E-state index in [0.717, 1.165) is 23.7 Å². The summed E-state index contributed by atoms with van der Waals surface area (Å²) in [6.07, 6.45) is 7.19. The summed E-state index contributed by atoms with van der Waals surface area (Å²) in [4.78, 5) is 0. The average Bonchev–Trinajstić information content (AvgIpc) is 3.70. The van der Waals surface area contributed by atoms with E-state index in [1.54, 1.807) is 11.1 Å². The van der Waals surface area contributed by atoms with Crippen LogP contribution >= 0.6 is 0 Å². The lowest BCUT2D eigenvalue weighted by molar-refractivity contribution is -0.0399. The van der Waals surface area contributed by atoms with Crippen molar-refractivity contribution in [2.24, 2.45) is 23.7 Å². The largest absolute Gasteiger partial charge is 0.309 e. The molecule has 1 heteroatoms. The van der Waals surface area contributed by atoms with Crippen LogP contribution < -0.4 is 0 Å². The highest BCUT2D eigenvalue weighted by Gasteiger charge is 2.61. The standard InChI is InChI=1S/C52H41N/c1-2-8-35(9-3-1)36-14-16-37(17-15-36)38-18-22-43(23-19-38)53-50-13-7-5-11-45(50)47-32-40(21-25-51(47)53)39-20-24-49-46(31-39)44-10-4-6-12-48(44)52(49)41-27-33-26-34(29-41)30-42(52)28-33/h1-25,31-34,41-42H,26-30H2. The van der Waals surface area contributed by atoms with Crippen molar-refractivity contribution >= 4 is 21.8 Å². The Morgan fingerprint density at radius 1 is 0.377 bits per heavy atom. The zero-order valence-electron chi connectivity index (χ0n) is 29.9. The van der Waals surface area contributed by atoms with E-state index in [0.29, 0.717) is 0 Å². The molecule has 5 aliphatic carbocycles. The number of fused-ring (bicyclic) bond motifs is 6. The molecule has 0 aliphatic heterocycles. The molecule has 1 nitrogen and oxygen atoms in total. The highest BCUT2D eigenvalue weighted by Crippen LogP contribution is 2.69. The van der Waals surface area contributed by atoms with Crippen LogP contribution in [0.15, 0.2) is 164 Å².